The molecule has 3 rings (SSSR count). The Labute approximate surface area is 149 Å². The first-order valence-electron chi connectivity index (χ1n) is 8.73. The van der Waals surface area contributed by atoms with Crippen molar-refractivity contribution < 1.29 is 22.7 Å². The Morgan fingerprint density at radius 3 is 2.96 bits per heavy atom. The number of hydrogen-bond acceptors (Lipinski definition) is 3. The van der Waals surface area contributed by atoms with Gasteiger partial charge < -0.3 is 14.6 Å². The highest BCUT2D eigenvalue weighted by atomic mass is 19.4. The van der Waals surface area contributed by atoms with Gasteiger partial charge in [-0.05, 0) is 49.8 Å². The molecule has 5 nitrogen and oxygen atoms in total. The Morgan fingerprint density at radius 2 is 2.23 bits per heavy atom. The molecular formula is C18H22F3N3O2. The smallest absolute Gasteiger partial charge is 0.385 e. The summed E-state index contributed by atoms with van der Waals surface area (Å²) in [6.45, 7) is 2.06. The standard InChI is InChI=1S/C18H22F3N3O2/c1-26-9-3-5-12-4-2-8-24(11-12)16(25)13-6-7-14-15(10-13)23-17(22-14)18(19,20)21/h6-7,10,12H,2-5,8-9,11H2,1H3,(H,22,23). The molecule has 1 unspecified atom stereocenters. The van der Waals surface area contributed by atoms with E-state index in [2.05, 4.69) is 9.97 Å². The Kier molecular flexibility index (Phi) is 5.50. The fourth-order valence-electron chi connectivity index (χ4n) is 3.46. The van der Waals surface area contributed by atoms with Gasteiger partial charge in [-0.15, -0.1) is 0 Å². The van der Waals surface area contributed by atoms with Crippen molar-refractivity contribution in [1.82, 2.24) is 14.9 Å². The number of H-pyrrole nitrogens is 1. The molecule has 1 amide bonds. The second kappa shape index (κ2) is 7.65. The molecule has 1 aromatic heterocycles. The lowest BCUT2D eigenvalue weighted by Crippen LogP contribution is -2.40. The van der Waals surface area contributed by atoms with Gasteiger partial charge in [0.15, 0.2) is 0 Å². The number of nitrogens with zero attached hydrogens (tertiary/aromatic N) is 2. The van der Waals surface area contributed by atoms with Crippen molar-refractivity contribution in [2.24, 2.45) is 5.92 Å². The van der Waals surface area contributed by atoms with Crippen LogP contribution < -0.4 is 0 Å². The lowest BCUT2D eigenvalue weighted by molar-refractivity contribution is -0.144. The first-order valence-corrected chi connectivity index (χ1v) is 8.73. The summed E-state index contributed by atoms with van der Waals surface area (Å²) < 4.78 is 43.4. The van der Waals surface area contributed by atoms with Crippen LogP contribution >= 0.6 is 0 Å². The molecule has 142 valence electrons. The van der Waals surface area contributed by atoms with Crippen LogP contribution in [-0.2, 0) is 10.9 Å². The number of benzene rings is 1. The quantitative estimate of drug-likeness (QED) is 0.814. The van der Waals surface area contributed by atoms with Crippen LogP contribution in [0, 0.1) is 5.92 Å². The zero-order valence-electron chi connectivity index (χ0n) is 14.6. The van der Waals surface area contributed by atoms with Crippen molar-refractivity contribution in [2.45, 2.75) is 31.9 Å². The number of alkyl halides is 3. The Hall–Kier alpha value is -2.09. The summed E-state index contributed by atoms with van der Waals surface area (Å²) >= 11 is 0. The van der Waals surface area contributed by atoms with Gasteiger partial charge in [-0.1, -0.05) is 0 Å². The number of imidazole rings is 1. The summed E-state index contributed by atoms with van der Waals surface area (Å²) in [6, 6.07) is 4.45. The number of methoxy groups -OCH3 is 1. The fourth-order valence-corrected chi connectivity index (χ4v) is 3.46. The number of likely N-dealkylation sites (tertiary alicyclic amines) is 1. The van der Waals surface area contributed by atoms with Gasteiger partial charge in [0, 0.05) is 32.4 Å². The third kappa shape index (κ3) is 4.17. The molecule has 1 atom stereocenters. The molecule has 0 saturated carbocycles. The van der Waals surface area contributed by atoms with Gasteiger partial charge in [0.25, 0.3) is 5.91 Å². The minimum absolute atomic E-state index is 0.147. The van der Waals surface area contributed by atoms with E-state index in [1.807, 2.05) is 0 Å². The van der Waals surface area contributed by atoms with E-state index in [4.69, 9.17) is 4.74 Å². The van der Waals surface area contributed by atoms with E-state index < -0.39 is 12.0 Å². The normalized spacial score (nSPS) is 18.5. The number of aromatic amines is 1. The molecule has 1 fully saturated rings. The second-order valence-corrected chi connectivity index (χ2v) is 6.71. The predicted molar refractivity (Wildman–Crippen MR) is 90.8 cm³/mol. The van der Waals surface area contributed by atoms with E-state index in [1.54, 1.807) is 18.1 Å². The van der Waals surface area contributed by atoms with Crippen LogP contribution in [0.1, 0.15) is 41.9 Å². The van der Waals surface area contributed by atoms with Gasteiger partial charge in [-0.3, -0.25) is 4.79 Å². The molecule has 1 aliphatic heterocycles. The SMILES string of the molecule is COCCCC1CCCN(C(=O)c2ccc3nc(C(F)(F)F)[nH]c3c2)C1. The lowest BCUT2D eigenvalue weighted by atomic mass is 9.93. The summed E-state index contributed by atoms with van der Waals surface area (Å²) in [5, 5.41) is 0. The van der Waals surface area contributed by atoms with E-state index in [1.165, 1.54) is 12.1 Å². The van der Waals surface area contributed by atoms with Crippen molar-refractivity contribution in [1.29, 1.82) is 0 Å². The Balaban J connectivity index is 1.72. The maximum absolute atomic E-state index is 12.8. The Bertz CT molecular complexity index is 773. The van der Waals surface area contributed by atoms with E-state index in [9.17, 15) is 18.0 Å². The summed E-state index contributed by atoms with van der Waals surface area (Å²) in [5.41, 5.74) is 0.800. The van der Waals surface area contributed by atoms with E-state index in [0.29, 0.717) is 31.2 Å². The molecular weight excluding hydrogens is 347 g/mol. The molecule has 26 heavy (non-hydrogen) atoms. The highest BCUT2D eigenvalue weighted by molar-refractivity contribution is 5.97. The van der Waals surface area contributed by atoms with Crippen LogP contribution in [0.3, 0.4) is 0 Å². The molecule has 8 heteroatoms. The van der Waals surface area contributed by atoms with Gasteiger partial charge in [0.2, 0.25) is 5.82 Å². The number of ether oxygens (including phenoxy) is 1. The average molecular weight is 369 g/mol. The van der Waals surface area contributed by atoms with Gasteiger partial charge in [-0.25, -0.2) is 4.98 Å². The minimum Gasteiger partial charge on any atom is -0.385 e. The third-order valence-electron chi connectivity index (χ3n) is 4.76. The molecule has 0 radical (unpaired) electrons. The molecule has 2 aromatic rings. The van der Waals surface area contributed by atoms with Gasteiger partial charge in [0.1, 0.15) is 0 Å². The summed E-state index contributed by atoms with van der Waals surface area (Å²) in [6.07, 6.45) is -0.545. The second-order valence-electron chi connectivity index (χ2n) is 6.71. The molecule has 1 aliphatic rings. The van der Waals surface area contributed by atoms with Crippen LogP contribution in [-0.4, -0.2) is 47.6 Å². The molecule has 1 aromatic carbocycles. The first-order chi connectivity index (χ1) is 12.4. The average Bonchev–Trinajstić information content (AvgIpc) is 3.05. The maximum Gasteiger partial charge on any atom is 0.449 e. The Morgan fingerprint density at radius 1 is 1.42 bits per heavy atom. The number of halogens is 3. The van der Waals surface area contributed by atoms with E-state index in [0.717, 1.165) is 25.7 Å². The number of carbonyl (C=O) groups excluding carboxylic acids is 1. The van der Waals surface area contributed by atoms with Crippen molar-refractivity contribution in [3.8, 4) is 0 Å². The van der Waals surface area contributed by atoms with Crippen molar-refractivity contribution in [3.63, 3.8) is 0 Å². The minimum atomic E-state index is -4.54. The third-order valence-corrected chi connectivity index (χ3v) is 4.76. The summed E-state index contributed by atoms with van der Waals surface area (Å²) in [7, 11) is 1.67. The number of hydrogen-bond donors (Lipinski definition) is 1. The van der Waals surface area contributed by atoms with E-state index >= 15 is 0 Å². The maximum atomic E-state index is 12.8. The van der Waals surface area contributed by atoms with Crippen LogP contribution in [0.4, 0.5) is 13.2 Å². The predicted octanol–water partition coefficient (Wildman–Crippen LogP) is 3.86. The summed E-state index contributed by atoms with van der Waals surface area (Å²) in [5.74, 6) is -0.754. The number of aromatic nitrogens is 2. The number of nitrogens with one attached hydrogen (secondary N) is 1. The monoisotopic (exact) mass is 369 g/mol. The largest absolute Gasteiger partial charge is 0.449 e. The number of amides is 1. The topological polar surface area (TPSA) is 58.2 Å². The van der Waals surface area contributed by atoms with Gasteiger partial charge in [0.05, 0.1) is 11.0 Å². The van der Waals surface area contributed by atoms with Crippen molar-refractivity contribution in [2.75, 3.05) is 26.8 Å². The zero-order valence-corrected chi connectivity index (χ0v) is 14.6. The van der Waals surface area contributed by atoms with Crippen LogP contribution in [0.5, 0.6) is 0 Å². The lowest BCUT2D eigenvalue weighted by Gasteiger charge is -2.33. The molecule has 2 heterocycles. The zero-order chi connectivity index (χ0) is 18.7. The van der Waals surface area contributed by atoms with Gasteiger partial charge >= 0.3 is 6.18 Å². The fraction of sp³-hybridized carbons (Fsp3) is 0.556. The highest BCUT2D eigenvalue weighted by Gasteiger charge is 2.35. The van der Waals surface area contributed by atoms with Crippen LogP contribution in [0.15, 0.2) is 18.2 Å². The molecule has 0 aliphatic carbocycles. The van der Waals surface area contributed by atoms with Crippen LogP contribution in [0.25, 0.3) is 11.0 Å². The number of fused-ring (bicyclic) bond motifs is 1. The van der Waals surface area contributed by atoms with Crippen LogP contribution in [0.2, 0.25) is 0 Å². The molecule has 0 bridgehead atoms. The number of carbonyl (C=O) groups is 1. The molecule has 1 saturated heterocycles. The molecule has 0 spiro atoms. The molecule has 1 N–H and O–H groups in total. The van der Waals surface area contributed by atoms with Crippen molar-refractivity contribution >= 4 is 16.9 Å². The summed E-state index contributed by atoms with van der Waals surface area (Å²) in [4.78, 5) is 20.4. The number of rotatable bonds is 5. The van der Waals surface area contributed by atoms with E-state index in [-0.39, 0.29) is 16.9 Å². The van der Waals surface area contributed by atoms with Gasteiger partial charge in [-0.2, -0.15) is 13.2 Å². The number of piperidine rings is 1. The van der Waals surface area contributed by atoms with Crippen molar-refractivity contribution in [3.05, 3.63) is 29.6 Å². The highest BCUT2D eigenvalue weighted by Crippen LogP contribution is 2.29. The first kappa shape index (κ1) is 18.7.